The molecule has 1 aliphatic rings. The largest absolute Gasteiger partial charge is 0.465 e. The van der Waals surface area contributed by atoms with Crippen LogP contribution < -0.4 is 14.9 Å². The van der Waals surface area contributed by atoms with Crippen LogP contribution in [0.15, 0.2) is 77.7 Å². The summed E-state index contributed by atoms with van der Waals surface area (Å²) >= 11 is 0. The number of hydrogen-bond donors (Lipinski definition) is 2. The average molecular weight is 452 g/mol. The Balaban J connectivity index is 1.50. The van der Waals surface area contributed by atoms with Crippen molar-refractivity contribution in [2.75, 3.05) is 28.6 Å². The molecule has 0 fully saturated rings. The fourth-order valence-corrected chi connectivity index (χ4v) is 5.11. The second-order valence-corrected chi connectivity index (χ2v) is 8.96. The van der Waals surface area contributed by atoms with Crippen LogP contribution in [-0.4, -0.2) is 34.1 Å². The van der Waals surface area contributed by atoms with Crippen molar-refractivity contribution < 1.29 is 22.7 Å². The summed E-state index contributed by atoms with van der Waals surface area (Å²) in [6, 6.07) is 19.3. The SMILES string of the molecule is COC(=O)c1ccccc1NC(=O)Nc1ccc2c(c1)CCN2S(=O)(=O)c1ccccc1. The van der Waals surface area contributed by atoms with E-state index in [9.17, 15) is 18.0 Å². The standard InChI is InChI=1S/C23H21N3O5S/c1-31-22(27)19-9-5-6-10-20(19)25-23(28)24-17-11-12-21-16(15-17)13-14-26(21)32(29,30)18-7-3-2-4-8-18/h2-12,15H,13-14H2,1H3,(H2,24,25,28). The summed E-state index contributed by atoms with van der Waals surface area (Å²) in [7, 11) is -2.39. The zero-order valence-electron chi connectivity index (χ0n) is 17.2. The fraction of sp³-hybridized carbons (Fsp3) is 0.130. The van der Waals surface area contributed by atoms with Gasteiger partial charge in [0.05, 0.1) is 28.9 Å². The maximum Gasteiger partial charge on any atom is 0.339 e. The average Bonchev–Trinajstić information content (AvgIpc) is 3.23. The molecule has 0 aliphatic carbocycles. The van der Waals surface area contributed by atoms with Crippen molar-refractivity contribution >= 4 is 39.1 Å². The van der Waals surface area contributed by atoms with Crippen LogP contribution in [0.1, 0.15) is 15.9 Å². The molecular formula is C23H21N3O5S. The number of carbonyl (C=O) groups is 2. The van der Waals surface area contributed by atoms with E-state index in [1.807, 2.05) is 0 Å². The molecule has 1 aliphatic heterocycles. The van der Waals surface area contributed by atoms with E-state index in [0.717, 1.165) is 5.56 Å². The van der Waals surface area contributed by atoms with E-state index in [-0.39, 0.29) is 10.5 Å². The third-order valence-corrected chi connectivity index (χ3v) is 6.93. The highest BCUT2D eigenvalue weighted by Crippen LogP contribution is 2.34. The molecule has 4 rings (SSSR count). The molecule has 0 radical (unpaired) electrons. The highest BCUT2D eigenvalue weighted by Gasteiger charge is 2.30. The Morgan fingerprint density at radius 3 is 2.41 bits per heavy atom. The lowest BCUT2D eigenvalue weighted by Crippen LogP contribution is -2.29. The van der Waals surface area contributed by atoms with Crippen molar-refractivity contribution in [3.05, 3.63) is 83.9 Å². The quantitative estimate of drug-likeness (QED) is 0.573. The van der Waals surface area contributed by atoms with Crippen molar-refractivity contribution in [2.24, 2.45) is 0 Å². The first-order valence-electron chi connectivity index (χ1n) is 9.86. The number of esters is 1. The Hall–Kier alpha value is -3.85. The van der Waals surface area contributed by atoms with Crippen molar-refractivity contribution in [2.45, 2.75) is 11.3 Å². The number of sulfonamides is 1. The van der Waals surface area contributed by atoms with E-state index in [2.05, 4.69) is 10.6 Å². The van der Waals surface area contributed by atoms with E-state index < -0.39 is 22.0 Å². The first-order valence-corrected chi connectivity index (χ1v) is 11.3. The van der Waals surface area contributed by atoms with Crippen LogP contribution in [0, 0.1) is 0 Å². The topological polar surface area (TPSA) is 105 Å². The first-order chi connectivity index (χ1) is 15.4. The Labute approximate surface area is 185 Å². The first kappa shape index (κ1) is 21.4. The van der Waals surface area contributed by atoms with Crippen molar-refractivity contribution in [3.63, 3.8) is 0 Å². The molecule has 0 saturated heterocycles. The maximum absolute atomic E-state index is 13.0. The molecule has 3 aromatic carbocycles. The minimum absolute atomic E-state index is 0.235. The number of rotatable bonds is 5. The number of hydrogen-bond acceptors (Lipinski definition) is 5. The number of nitrogens with zero attached hydrogens (tertiary/aromatic N) is 1. The molecule has 0 spiro atoms. The van der Waals surface area contributed by atoms with E-state index in [4.69, 9.17) is 4.74 Å². The van der Waals surface area contributed by atoms with Crippen LogP contribution in [0.3, 0.4) is 0 Å². The second kappa shape index (κ2) is 8.72. The Morgan fingerprint density at radius 1 is 0.938 bits per heavy atom. The molecule has 2 N–H and O–H groups in total. The maximum atomic E-state index is 13.0. The van der Waals surface area contributed by atoms with Gasteiger partial charge >= 0.3 is 12.0 Å². The third-order valence-electron chi connectivity index (χ3n) is 5.10. The molecule has 0 aromatic heterocycles. The van der Waals surface area contributed by atoms with Gasteiger partial charge in [-0.15, -0.1) is 0 Å². The molecule has 32 heavy (non-hydrogen) atoms. The number of benzene rings is 3. The van der Waals surface area contributed by atoms with Crippen LogP contribution in [-0.2, 0) is 21.2 Å². The van der Waals surface area contributed by atoms with E-state index >= 15 is 0 Å². The number of amides is 2. The van der Waals surface area contributed by atoms with E-state index in [1.165, 1.54) is 11.4 Å². The summed E-state index contributed by atoms with van der Waals surface area (Å²) in [4.78, 5) is 24.6. The molecular weight excluding hydrogens is 430 g/mol. The van der Waals surface area contributed by atoms with Gasteiger partial charge in [0.1, 0.15) is 0 Å². The van der Waals surface area contributed by atoms with Gasteiger partial charge in [0.15, 0.2) is 0 Å². The van der Waals surface area contributed by atoms with Crippen LogP contribution in [0.4, 0.5) is 21.9 Å². The number of nitrogens with one attached hydrogen (secondary N) is 2. The zero-order chi connectivity index (χ0) is 22.7. The molecule has 0 atom stereocenters. The lowest BCUT2D eigenvalue weighted by Gasteiger charge is -2.20. The molecule has 0 bridgehead atoms. The van der Waals surface area contributed by atoms with Crippen molar-refractivity contribution in [1.82, 2.24) is 0 Å². The van der Waals surface area contributed by atoms with Gasteiger partial charge in [-0.1, -0.05) is 30.3 Å². The summed E-state index contributed by atoms with van der Waals surface area (Å²) < 4.78 is 32.1. The lowest BCUT2D eigenvalue weighted by molar-refractivity contribution is 0.0602. The molecule has 164 valence electrons. The molecule has 2 amide bonds. The minimum atomic E-state index is -3.65. The summed E-state index contributed by atoms with van der Waals surface area (Å²) in [6.07, 6.45) is 0.531. The predicted molar refractivity (Wildman–Crippen MR) is 122 cm³/mol. The van der Waals surface area contributed by atoms with Crippen LogP contribution in [0.5, 0.6) is 0 Å². The van der Waals surface area contributed by atoms with Gasteiger partial charge in [-0.25, -0.2) is 18.0 Å². The van der Waals surface area contributed by atoms with E-state index in [1.54, 1.807) is 72.8 Å². The van der Waals surface area contributed by atoms with Gasteiger partial charge in [0, 0.05) is 12.2 Å². The molecule has 0 saturated carbocycles. The highest BCUT2D eigenvalue weighted by atomic mass is 32.2. The number of fused-ring (bicyclic) bond motifs is 1. The summed E-state index contributed by atoms with van der Waals surface area (Å²) in [6.45, 7) is 0.328. The van der Waals surface area contributed by atoms with Gasteiger partial charge in [-0.2, -0.15) is 0 Å². The number of methoxy groups -OCH3 is 1. The van der Waals surface area contributed by atoms with Crippen molar-refractivity contribution in [1.29, 1.82) is 0 Å². The number of carbonyl (C=O) groups excluding carboxylic acids is 2. The van der Waals surface area contributed by atoms with Crippen molar-refractivity contribution in [3.8, 4) is 0 Å². The third kappa shape index (κ3) is 4.15. The number of urea groups is 1. The van der Waals surface area contributed by atoms with Crippen LogP contribution in [0.25, 0.3) is 0 Å². The van der Waals surface area contributed by atoms with Gasteiger partial charge in [0.25, 0.3) is 10.0 Å². The van der Waals surface area contributed by atoms with Gasteiger partial charge < -0.3 is 15.4 Å². The van der Waals surface area contributed by atoms with Crippen LogP contribution >= 0.6 is 0 Å². The summed E-state index contributed by atoms with van der Waals surface area (Å²) in [5.41, 5.74) is 2.47. The molecule has 1 heterocycles. The highest BCUT2D eigenvalue weighted by molar-refractivity contribution is 7.92. The van der Waals surface area contributed by atoms with Gasteiger partial charge in [-0.3, -0.25) is 4.31 Å². The Bertz CT molecular complexity index is 1280. The lowest BCUT2D eigenvalue weighted by atomic mass is 10.1. The molecule has 3 aromatic rings. The smallest absolute Gasteiger partial charge is 0.339 e. The molecule has 9 heteroatoms. The zero-order valence-corrected chi connectivity index (χ0v) is 18.1. The van der Waals surface area contributed by atoms with E-state index in [0.29, 0.717) is 30.0 Å². The number of para-hydroxylation sites is 1. The number of ether oxygens (including phenoxy) is 1. The Morgan fingerprint density at radius 2 is 1.66 bits per heavy atom. The van der Waals surface area contributed by atoms with Gasteiger partial charge in [-0.05, 0) is 54.4 Å². The van der Waals surface area contributed by atoms with Crippen LogP contribution in [0.2, 0.25) is 0 Å². The molecule has 8 nitrogen and oxygen atoms in total. The van der Waals surface area contributed by atoms with Gasteiger partial charge in [0.2, 0.25) is 0 Å². The monoisotopic (exact) mass is 451 g/mol. The minimum Gasteiger partial charge on any atom is -0.465 e. The fourth-order valence-electron chi connectivity index (χ4n) is 3.58. The normalized spacial score (nSPS) is 12.7. The predicted octanol–water partition coefficient (Wildman–Crippen LogP) is 3.87. The molecule has 0 unspecified atom stereocenters. The number of anilines is 3. The Kier molecular flexibility index (Phi) is 5.83. The summed E-state index contributed by atoms with van der Waals surface area (Å²) in [5.74, 6) is -0.557. The second-order valence-electron chi connectivity index (χ2n) is 7.10. The summed E-state index contributed by atoms with van der Waals surface area (Å²) in [5, 5.41) is 5.36.